The number of allylic oxidation sites excluding steroid dienone is 2. The Hall–Kier alpha value is -4.47. The average molecular weight is 517 g/mol. The third kappa shape index (κ3) is 5.91. The number of nitrogens with zero attached hydrogens (tertiary/aromatic N) is 6. The lowest BCUT2D eigenvalue weighted by Gasteiger charge is -2.34. The number of halogens is 1. The molecule has 1 aliphatic heterocycles. The number of carbonyl (C=O) groups is 2. The monoisotopic (exact) mass is 516 g/mol. The van der Waals surface area contributed by atoms with Crippen LogP contribution in [0, 0.1) is 5.82 Å². The summed E-state index contributed by atoms with van der Waals surface area (Å²) in [6, 6.07) is 4.45. The van der Waals surface area contributed by atoms with E-state index in [2.05, 4.69) is 26.5 Å². The van der Waals surface area contributed by atoms with Gasteiger partial charge in [0.25, 0.3) is 5.91 Å². The van der Waals surface area contributed by atoms with E-state index in [4.69, 9.17) is 4.74 Å². The van der Waals surface area contributed by atoms with Gasteiger partial charge < -0.3 is 14.5 Å². The van der Waals surface area contributed by atoms with E-state index in [1.165, 1.54) is 32.5 Å². The van der Waals surface area contributed by atoms with Crippen molar-refractivity contribution in [1.82, 2.24) is 29.7 Å². The summed E-state index contributed by atoms with van der Waals surface area (Å²) >= 11 is 0. The number of benzene rings is 1. The summed E-state index contributed by atoms with van der Waals surface area (Å²) in [5.41, 5.74) is 2.91. The Morgan fingerprint density at radius 3 is 2.34 bits per heavy atom. The molecular formula is C28H29FN6O3. The SMILES string of the molecule is C=c1c(-c2cc(F)cc(C(=O)N3CCN(C(C)=O)CC3)c2)ncnc1=CC=C(CC)c1cnc(OC)nc1. The zero-order valence-electron chi connectivity index (χ0n) is 21.6. The number of piperazine rings is 1. The second-order valence-electron chi connectivity index (χ2n) is 8.78. The first-order valence-corrected chi connectivity index (χ1v) is 12.2. The van der Waals surface area contributed by atoms with Gasteiger partial charge in [-0.1, -0.05) is 19.6 Å². The topological polar surface area (TPSA) is 101 Å². The van der Waals surface area contributed by atoms with Gasteiger partial charge in [0, 0.05) is 67.4 Å². The molecule has 9 nitrogen and oxygen atoms in total. The zero-order valence-corrected chi connectivity index (χ0v) is 21.6. The third-order valence-electron chi connectivity index (χ3n) is 6.41. The van der Waals surface area contributed by atoms with Gasteiger partial charge in [0.1, 0.15) is 12.1 Å². The van der Waals surface area contributed by atoms with Crippen LogP contribution in [0.15, 0.2) is 43.0 Å². The highest BCUT2D eigenvalue weighted by molar-refractivity contribution is 5.95. The summed E-state index contributed by atoms with van der Waals surface area (Å²) in [4.78, 5) is 45.0. The molecule has 1 aliphatic rings. The van der Waals surface area contributed by atoms with Crippen molar-refractivity contribution in [3.8, 4) is 17.3 Å². The van der Waals surface area contributed by atoms with E-state index >= 15 is 0 Å². The van der Waals surface area contributed by atoms with E-state index in [0.717, 1.165) is 17.6 Å². The number of hydrogen-bond acceptors (Lipinski definition) is 7. The number of hydrogen-bond donors (Lipinski definition) is 0. The van der Waals surface area contributed by atoms with Crippen LogP contribution in [0.3, 0.4) is 0 Å². The van der Waals surface area contributed by atoms with Crippen molar-refractivity contribution < 1.29 is 18.7 Å². The summed E-state index contributed by atoms with van der Waals surface area (Å²) in [5, 5.41) is 1.07. The lowest BCUT2D eigenvalue weighted by molar-refractivity contribution is -0.130. The van der Waals surface area contributed by atoms with Gasteiger partial charge in [0.2, 0.25) is 5.91 Å². The van der Waals surface area contributed by atoms with Crippen LogP contribution in [0.25, 0.3) is 29.5 Å². The first-order valence-electron chi connectivity index (χ1n) is 12.2. The van der Waals surface area contributed by atoms with Gasteiger partial charge in [-0.25, -0.2) is 24.3 Å². The fourth-order valence-corrected chi connectivity index (χ4v) is 4.26. The van der Waals surface area contributed by atoms with Crippen molar-refractivity contribution in [3.05, 3.63) is 70.5 Å². The third-order valence-corrected chi connectivity index (χ3v) is 6.41. The predicted octanol–water partition coefficient (Wildman–Crippen LogP) is 2.07. The van der Waals surface area contributed by atoms with E-state index in [1.807, 2.05) is 19.1 Å². The molecule has 1 fully saturated rings. The average Bonchev–Trinajstić information content (AvgIpc) is 2.93. The molecule has 3 aromatic rings. The smallest absolute Gasteiger partial charge is 0.316 e. The molecule has 10 heteroatoms. The Labute approximate surface area is 220 Å². The predicted molar refractivity (Wildman–Crippen MR) is 142 cm³/mol. The van der Waals surface area contributed by atoms with Crippen molar-refractivity contribution in [2.45, 2.75) is 20.3 Å². The number of aromatic nitrogens is 4. The molecule has 0 spiro atoms. The number of ether oxygens (including phenoxy) is 1. The van der Waals surface area contributed by atoms with Crippen LogP contribution in [0.2, 0.25) is 0 Å². The highest BCUT2D eigenvalue weighted by Crippen LogP contribution is 2.20. The summed E-state index contributed by atoms with van der Waals surface area (Å²) in [6.45, 7) is 9.35. The van der Waals surface area contributed by atoms with Crippen molar-refractivity contribution in [1.29, 1.82) is 0 Å². The van der Waals surface area contributed by atoms with Crippen LogP contribution in [0.1, 0.15) is 36.2 Å². The van der Waals surface area contributed by atoms with E-state index in [-0.39, 0.29) is 17.4 Å². The van der Waals surface area contributed by atoms with Gasteiger partial charge in [0.15, 0.2) is 0 Å². The molecule has 0 bridgehead atoms. The zero-order chi connectivity index (χ0) is 27.2. The van der Waals surface area contributed by atoms with Gasteiger partial charge >= 0.3 is 6.01 Å². The molecule has 38 heavy (non-hydrogen) atoms. The second-order valence-corrected chi connectivity index (χ2v) is 8.78. The van der Waals surface area contributed by atoms with Crippen molar-refractivity contribution >= 4 is 30.0 Å². The number of amides is 2. The maximum absolute atomic E-state index is 14.7. The Kier molecular flexibility index (Phi) is 8.20. The van der Waals surface area contributed by atoms with Crippen LogP contribution in [0.4, 0.5) is 4.39 Å². The first kappa shape index (κ1) is 26.6. The summed E-state index contributed by atoms with van der Waals surface area (Å²) in [5.74, 6) is -0.871. The quantitative estimate of drug-likeness (QED) is 0.494. The fraction of sp³-hybridized carbons (Fsp3) is 0.286. The number of rotatable bonds is 6. The first-order chi connectivity index (χ1) is 18.3. The summed E-state index contributed by atoms with van der Waals surface area (Å²) < 4.78 is 19.7. The standard InChI is InChI=1S/C28H29FN6O3/c1-5-20(23-15-30-28(38-4)31-16-23)6-7-25-18(2)26(33-17-32-25)21-12-22(14-24(29)13-21)27(37)35-10-8-34(9-11-35)19(3)36/h6-7,12-17H,2,5,8-11H2,1,3-4H3. The lowest BCUT2D eigenvalue weighted by atomic mass is 10.0. The molecule has 0 unspecified atom stereocenters. The Bertz CT molecular complexity index is 1480. The second kappa shape index (κ2) is 11.7. The molecule has 3 heterocycles. The molecular weight excluding hydrogens is 487 g/mol. The Balaban J connectivity index is 1.64. The van der Waals surface area contributed by atoms with E-state index in [1.54, 1.807) is 28.3 Å². The highest BCUT2D eigenvalue weighted by atomic mass is 19.1. The van der Waals surface area contributed by atoms with Gasteiger partial charge in [0.05, 0.1) is 18.2 Å². The van der Waals surface area contributed by atoms with Gasteiger partial charge in [-0.05, 0) is 36.3 Å². The van der Waals surface area contributed by atoms with Crippen LogP contribution < -0.4 is 15.3 Å². The summed E-state index contributed by atoms with van der Waals surface area (Å²) in [7, 11) is 1.51. The largest absolute Gasteiger partial charge is 0.467 e. The van der Waals surface area contributed by atoms with E-state index in [0.29, 0.717) is 54.0 Å². The number of methoxy groups -OCH3 is 1. The van der Waals surface area contributed by atoms with Crippen LogP contribution in [0.5, 0.6) is 6.01 Å². The molecule has 0 atom stereocenters. The molecule has 1 saturated heterocycles. The molecule has 0 saturated carbocycles. The van der Waals surface area contributed by atoms with Gasteiger partial charge in [-0.3, -0.25) is 9.59 Å². The minimum absolute atomic E-state index is 0.0253. The molecule has 4 rings (SSSR count). The maximum Gasteiger partial charge on any atom is 0.316 e. The van der Waals surface area contributed by atoms with Gasteiger partial charge in [-0.15, -0.1) is 0 Å². The van der Waals surface area contributed by atoms with Crippen molar-refractivity contribution in [2.75, 3.05) is 33.3 Å². The van der Waals surface area contributed by atoms with Crippen molar-refractivity contribution in [2.24, 2.45) is 0 Å². The number of carbonyl (C=O) groups excluding carboxylic acids is 2. The van der Waals surface area contributed by atoms with Gasteiger partial charge in [-0.2, -0.15) is 0 Å². The lowest BCUT2D eigenvalue weighted by Crippen LogP contribution is -2.50. The normalized spacial score (nSPS) is 14.5. The fourth-order valence-electron chi connectivity index (χ4n) is 4.26. The molecule has 0 radical (unpaired) electrons. The Morgan fingerprint density at radius 2 is 1.71 bits per heavy atom. The molecule has 2 amide bonds. The van der Waals surface area contributed by atoms with E-state index in [9.17, 15) is 14.0 Å². The highest BCUT2D eigenvalue weighted by Gasteiger charge is 2.24. The Morgan fingerprint density at radius 1 is 1.03 bits per heavy atom. The van der Waals surface area contributed by atoms with Crippen LogP contribution in [-0.4, -0.2) is 74.8 Å². The molecule has 1 aromatic carbocycles. The molecule has 2 aromatic heterocycles. The van der Waals surface area contributed by atoms with E-state index < -0.39 is 5.82 Å². The maximum atomic E-state index is 14.7. The molecule has 0 aliphatic carbocycles. The minimum atomic E-state index is -0.551. The minimum Gasteiger partial charge on any atom is -0.467 e. The molecule has 0 N–H and O–H groups in total. The van der Waals surface area contributed by atoms with Crippen LogP contribution in [-0.2, 0) is 4.79 Å². The molecule has 196 valence electrons. The van der Waals surface area contributed by atoms with Crippen LogP contribution >= 0.6 is 0 Å². The summed E-state index contributed by atoms with van der Waals surface area (Å²) in [6.07, 6.45) is 9.23. The van der Waals surface area contributed by atoms with Crippen molar-refractivity contribution in [3.63, 3.8) is 0 Å².